The fraction of sp³-hybridized carbons (Fsp3) is 0.158. The number of aromatic nitrogens is 5. The Balaban J connectivity index is 1.49. The molecule has 6 nitrogen and oxygen atoms in total. The van der Waals surface area contributed by atoms with Gasteiger partial charge in [0.1, 0.15) is 5.82 Å². The Hall–Kier alpha value is -3.00. The van der Waals surface area contributed by atoms with E-state index in [4.69, 9.17) is 4.52 Å². The second kappa shape index (κ2) is 7.32. The number of thioether (sulfide) groups is 1. The summed E-state index contributed by atoms with van der Waals surface area (Å²) in [7, 11) is 1.80. The predicted molar refractivity (Wildman–Crippen MR) is 100 cm³/mol. The van der Waals surface area contributed by atoms with Gasteiger partial charge in [-0.3, -0.25) is 0 Å². The molecule has 8 heteroatoms. The second-order valence-electron chi connectivity index (χ2n) is 6.01. The minimum Gasteiger partial charge on any atom is -0.338 e. The first-order valence-electron chi connectivity index (χ1n) is 8.28. The molecule has 0 amide bonds. The average Bonchev–Trinajstić information content (AvgIpc) is 3.28. The predicted octanol–water partition coefficient (Wildman–Crippen LogP) is 4.27. The van der Waals surface area contributed by atoms with Crippen molar-refractivity contribution < 1.29 is 8.91 Å². The van der Waals surface area contributed by atoms with Crippen LogP contribution in [0.4, 0.5) is 4.39 Å². The highest BCUT2D eigenvalue weighted by atomic mass is 32.2. The number of nitrogens with zero attached hydrogens (tertiary/aromatic N) is 5. The van der Waals surface area contributed by atoms with E-state index in [-0.39, 0.29) is 5.82 Å². The summed E-state index contributed by atoms with van der Waals surface area (Å²) in [5.41, 5.74) is 2.49. The Morgan fingerprint density at radius 3 is 2.63 bits per heavy atom. The van der Waals surface area contributed by atoms with Crippen molar-refractivity contribution >= 4 is 11.8 Å². The summed E-state index contributed by atoms with van der Waals surface area (Å²) in [6, 6.07) is 14.4. The van der Waals surface area contributed by atoms with Crippen molar-refractivity contribution in [2.24, 2.45) is 7.05 Å². The topological polar surface area (TPSA) is 69.6 Å². The normalized spacial score (nSPS) is 11.1. The fourth-order valence-corrected chi connectivity index (χ4v) is 3.33. The van der Waals surface area contributed by atoms with Crippen molar-refractivity contribution in [3.8, 4) is 22.8 Å². The maximum Gasteiger partial charge on any atom is 0.237 e. The molecule has 0 aliphatic carbocycles. The first-order chi connectivity index (χ1) is 13.1. The third-order valence-electron chi connectivity index (χ3n) is 4.05. The first kappa shape index (κ1) is 17.4. The molecule has 0 fully saturated rings. The molecule has 0 radical (unpaired) electrons. The van der Waals surface area contributed by atoms with Gasteiger partial charge in [-0.2, -0.15) is 4.98 Å². The Morgan fingerprint density at radius 1 is 1.07 bits per heavy atom. The van der Waals surface area contributed by atoms with E-state index in [2.05, 4.69) is 20.3 Å². The van der Waals surface area contributed by atoms with Crippen molar-refractivity contribution in [2.45, 2.75) is 17.8 Å². The lowest BCUT2D eigenvalue weighted by Crippen LogP contribution is -1.96. The van der Waals surface area contributed by atoms with Crippen LogP contribution in [0.3, 0.4) is 0 Å². The summed E-state index contributed by atoms with van der Waals surface area (Å²) in [5, 5.41) is 12.9. The van der Waals surface area contributed by atoms with Crippen molar-refractivity contribution in [3.05, 3.63) is 65.8 Å². The average molecular weight is 381 g/mol. The van der Waals surface area contributed by atoms with Crippen LogP contribution in [0.1, 0.15) is 11.5 Å². The van der Waals surface area contributed by atoms with Gasteiger partial charge in [-0.1, -0.05) is 58.9 Å². The quantitative estimate of drug-likeness (QED) is 0.481. The van der Waals surface area contributed by atoms with E-state index in [1.54, 1.807) is 29.8 Å². The molecule has 4 aromatic rings. The molecule has 0 spiro atoms. The number of hydrogen-bond acceptors (Lipinski definition) is 6. The minimum absolute atomic E-state index is 0.329. The zero-order valence-electron chi connectivity index (χ0n) is 14.8. The minimum atomic E-state index is -0.329. The van der Waals surface area contributed by atoms with Crippen LogP contribution < -0.4 is 0 Å². The van der Waals surface area contributed by atoms with Crippen LogP contribution in [0, 0.1) is 12.7 Å². The molecular formula is C19H16FN5OS. The van der Waals surface area contributed by atoms with Crippen molar-refractivity contribution in [1.29, 1.82) is 0 Å². The Morgan fingerprint density at radius 2 is 1.85 bits per heavy atom. The molecule has 2 aromatic heterocycles. The second-order valence-corrected chi connectivity index (χ2v) is 6.95. The third-order valence-corrected chi connectivity index (χ3v) is 5.06. The third kappa shape index (κ3) is 3.61. The summed E-state index contributed by atoms with van der Waals surface area (Å²) < 4.78 is 21.1. The fourth-order valence-electron chi connectivity index (χ4n) is 2.58. The van der Waals surface area contributed by atoms with Gasteiger partial charge in [-0.15, -0.1) is 10.2 Å². The molecule has 136 valence electrons. The lowest BCUT2D eigenvalue weighted by Gasteiger charge is -2.03. The summed E-state index contributed by atoms with van der Waals surface area (Å²) in [6.07, 6.45) is 0. The number of halogens is 1. The molecule has 0 aliphatic heterocycles. The SMILES string of the molecule is Cc1ccc(-c2noc(CSc3nnc(-c4ccccc4F)n3C)n2)cc1. The van der Waals surface area contributed by atoms with Crippen molar-refractivity contribution in [2.75, 3.05) is 0 Å². The Labute approximate surface area is 159 Å². The molecule has 2 aromatic carbocycles. The highest BCUT2D eigenvalue weighted by Crippen LogP contribution is 2.27. The van der Waals surface area contributed by atoms with E-state index in [0.29, 0.717) is 34.0 Å². The van der Waals surface area contributed by atoms with E-state index >= 15 is 0 Å². The van der Waals surface area contributed by atoms with Gasteiger partial charge >= 0.3 is 0 Å². The molecule has 4 rings (SSSR count). The maximum atomic E-state index is 14.0. The van der Waals surface area contributed by atoms with E-state index < -0.39 is 0 Å². The number of hydrogen-bond donors (Lipinski definition) is 0. The molecule has 0 N–H and O–H groups in total. The van der Waals surface area contributed by atoms with Gasteiger partial charge in [0.2, 0.25) is 11.7 Å². The summed E-state index contributed by atoms with van der Waals surface area (Å²) in [6.45, 7) is 2.03. The lowest BCUT2D eigenvalue weighted by molar-refractivity contribution is 0.391. The van der Waals surface area contributed by atoms with E-state index in [1.165, 1.54) is 23.4 Å². The molecule has 2 heterocycles. The first-order valence-corrected chi connectivity index (χ1v) is 9.27. The van der Waals surface area contributed by atoms with E-state index in [0.717, 1.165) is 5.56 Å². The van der Waals surface area contributed by atoms with Crippen LogP contribution in [-0.4, -0.2) is 24.9 Å². The summed E-state index contributed by atoms with van der Waals surface area (Å²) in [4.78, 5) is 4.42. The summed E-state index contributed by atoms with van der Waals surface area (Å²) in [5.74, 6) is 1.63. The molecule has 0 unspecified atom stereocenters. The highest BCUT2D eigenvalue weighted by molar-refractivity contribution is 7.98. The molecule has 0 bridgehead atoms. The number of benzene rings is 2. The van der Waals surface area contributed by atoms with Gasteiger partial charge in [0, 0.05) is 12.6 Å². The standard InChI is InChI=1S/C19H16FN5OS/c1-12-7-9-13(10-8-12)17-21-16(26-24-17)11-27-19-23-22-18(25(19)2)14-5-3-4-6-15(14)20/h3-10H,11H2,1-2H3. The molecular weight excluding hydrogens is 365 g/mol. The largest absolute Gasteiger partial charge is 0.338 e. The smallest absolute Gasteiger partial charge is 0.237 e. The number of rotatable bonds is 5. The van der Waals surface area contributed by atoms with Crippen LogP contribution >= 0.6 is 11.8 Å². The van der Waals surface area contributed by atoms with Gasteiger partial charge < -0.3 is 9.09 Å². The lowest BCUT2D eigenvalue weighted by atomic mass is 10.1. The summed E-state index contributed by atoms with van der Waals surface area (Å²) >= 11 is 1.40. The van der Waals surface area contributed by atoms with Crippen LogP contribution in [0.15, 0.2) is 58.2 Å². The molecule has 0 saturated heterocycles. The van der Waals surface area contributed by atoms with Crippen LogP contribution in [-0.2, 0) is 12.8 Å². The maximum absolute atomic E-state index is 14.0. The Kier molecular flexibility index (Phi) is 4.72. The molecule has 27 heavy (non-hydrogen) atoms. The van der Waals surface area contributed by atoms with Crippen LogP contribution in [0.2, 0.25) is 0 Å². The highest BCUT2D eigenvalue weighted by Gasteiger charge is 2.16. The van der Waals surface area contributed by atoms with Gasteiger partial charge in [0.25, 0.3) is 0 Å². The zero-order chi connectivity index (χ0) is 18.8. The van der Waals surface area contributed by atoms with Gasteiger partial charge in [0.05, 0.1) is 11.3 Å². The van der Waals surface area contributed by atoms with E-state index in [9.17, 15) is 4.39 Å². The van der Waals surface area contributed by atoms with Crippen LogP contribution in [0.25, 0.3) is 22.8 Å². The zero-order valence-corrected chi connectivity index (χ0v) is 15.6. The van der Waals surface area contributed by atoms with E-state index in [1.807, 2.05) is 31.2 Å². The van der Waals surface area contributed by atoms with Gasteiger partial charge in [-0.25, -0.2) is 4.39 Å². The van der Waals surface area contributed by atoms with Crippen molar-refractivity contribution in [3.63, 3.8) is 0 Å². The number of aryl methyl sites for hydroxylation is 1. The Bertz CT molecular complexity index is 1070. The molecule has 0 saturated carbocycles. The molecule has 0 aliphatic rings. The van der Waals surface area contributed by atoms with Crippen LogP contribution in [0.5, 0.6) is 0 Å². The molecule has 0 atom stereocenters. The van der Waals surface area contributed by atoms with Gasteiger partial charge in [-0.05, 0) is 19.1 Å². The van der Waals surface area contributed by atoms with Gasteiger partial charge in [0.15, 0.2) is 11.0 Å². The van der Waals surface area contributed by atoms with Crippen molar-refractivity contribution in [1.82, 2.24) is 24.9 Å². The monoisotopic (exact) mass is 381 g/mol.